The van der Waals surface area contributed by atoms with E-state index >= 15 is 0 Å². The van der Waals surface area contributed by atoms with E-state index < -0.39 is 12.1 Å². The lowest BCUT2D eigenvalue weighted by Crippen LogP contribution is -2.35. The fourth-order valence-electron chi connectivity index (χ4n) is 2.05. The third-order valence-electron chi connectivity index (χ3n) is 3.33. The maximum absolute atomic E-state index is 11.8. The van der Waals surface area contributed by atoms with Crippen molar-refractivity contribution in [3.8, 4) is 11.5 Å². The van der Waals surface area contributed by atoms with Crippen molar-refractivity contribution in [1.29, 1.82) is 0 Å². The van der Waals surface area contributed by atoms with E-state index in [1.807, 2.05) is 48.5 Å². The molecule has 0 heterocycles. The number of carbonyl (C=O) groups excluding carboxylic acids is 2. The van der Waals surface area contributed by atoms with Crippen LogP contribution in [0.4, 0.5) is 0 Å². The van der Waals surface area contributed by atoms with Gasteiger partial charge in [-0.05, 0) is 42.8 Å². The summed E-state index contributed by atoms with van der Waals surface area (Å²) in [5.74, 6) is 0.418. The van der Waals surface area contributed by atoms with Gasteiger partial charge in [-0.25, -0.2) is 4.79 Å². The fraction of sp³-hybridized carbons (Fsp3) is 0.143. The zero-order chi connectivity index (χ0) is 18.8. The topological polar surface area (TPSA) is 64.6 Å². The maximum Gasteiger partial charge on any atom is 0.331 e. The number of amides is 1. The molecule has 0 aliphatic rings. The number of hydrogen-bond donors (Lipinski definition) is 1. The van der Waals surface area contributed by atoms with Gasteiger partial charge < -0.3 is 14.8 Å². The number of esters is 1. The molecule has 134 valence electrons. The summed E-state index contributed by atoms with van der Waals surface area (Å²) >= 11 is 0. The van der Waals surface area contributed by atoms with Crippen LogP contribution >= 0.6 is 0 Å². The largest absolute Gasteiger partial charge is 0.457 e. The first kappa shape index (κ1) is 19.0. The van der Waals surface area contributed by atoms with Crippen LogP contribution in [0.15, 0.2) is 73.3 Å². The molecule has 2 aromatic carbocycles. The molecule has 1 atom stereocenters. The number of ether oxygens (including phenoxy) is 2. The number of nitrogens with one attached hydrogen (secondary N) is 1. The van der Waals surface area contributed by atoms with E-state index in [1.54, 1.807) is 18.2 Å². The molecular weight excluding hydrogens is 330 g/mol. The van der Waals surface area contributed by atoms with Gasteiger partial charge in [-0.15, -0.1) is 6.58 Å². The standard InChI is InChI=1S/C21H21NO4/c1-3-14-22-21(24)16(2)25-20(23)13-12-17-8-7-11-19(15-17)26-18-9-5-4-6-10-18/h3-13,15-16H,1,14H2,2H3,(H,22,24)/b13-12+/t16-/m0/s1. The summed E-state index contributed by atoms with van der Waals surface area (Å²) in [7, 11) is 0. The summed E-state index contributed by atoms with van der Waals surface area (Å²) in [6, 6.07) is 16.7. The lowest BCUT2D eigenvalue weighted by Gasteiger charge is -2.11. The lowest BCUT2D eigenvalue weighted by atomic mass is 10.2. The van der Waals surface area contributed by atoms with Crippen molar-refractivity contribution in [2.24, 2.45) is 0 Å². The second-order valence-electron chi connectivity index (χ2n) is 5.43. The molecule has 0 aliphatic heterocycles. The molecule has 0 saturated heterocycles. The highest BCUT2D eigenvalue weighted by molar-refractivity contribution is 5.90. The minimum absolute atomic E-state index is 0.324. The molecule has 26 heavy (non-hydrogen) atoms. The Balaban J connectivity index is 1.93. The Labute approximate surface area is 152 Å². The third kappa shape index (κ3) is 6.28. The molecule has 2 aromatic rings. The van der Waals surface area contributed by atoms with Gasteiger partial charge in [0.25, 0.3) is 5.91 Å². The molecular formula is C21H21NO4. The van der Waals surface area contributed by atoms with E-state index in [0.29, 0.717) is 12.3 Å². The number of para-hydroxylation sites is 1. The van der Waals surface area contributed by atoms with Crippen molar-refractivity contribution in [3.05, 3.63) is 78.9 Å². The van der Waals surface area contributed by atoms with Crippen LogP contribution in [-0.4, -0.2) is 24.5 Å². The second kappa shape index (κ2) is 9.84. The van der Waals surface area contributed by atoms with Crippen LogP contribution in [-0.2, 0) is 14.3 Å². The summed E-state index contributed by atoms with van der Waals surface area (Å²) in [6.45, 7) is 5.34. The van der Waals surface area contributed by atoms with Crippen molar-refractivity contribution in [2.75, 3.05) is 6.54 Å². The molecule has 5 nitrogen and oxygen atoms in total. The molecule has 2 rings (SSSR count). The van der Waals surface area contributed by atoms with E-state index in [1.165, 1.54) is 13.0 Å². The molecule has 1 N–H and O–H groups in total. The van der Waals surface area contributed by atoms with Crippen LogP contribution in [0.2, 0.25) is 0 Å². The summed E-state index contributed by atoms with van der Waals surface area (Å²) in [5.41, 5.74) is 0.777. The van der Waals surface area contributed by atoms with Crippen molar-refractivity contribution in [1.82, 2.24) is 5.32 Å². The SMILES string of the molecule is C=CCNC(=O)[C@H](C)OC(=O)/C=C/c1cccc(Oc2ccccc2)c1. The van der Waals surface area contributed by atoms with Crippen LogP contribution in [0.25, 0.3) is 6.08 Å². The molecule has 5 heteroatoms. The molecule has 0 aliphatic carbocycles. The minimum Gasteiger partial charge on any atom is -0.457 e. The Bertz CT molecular complexity index is 784. The molecule has 0 aromatic heterocycles. The van der Waals surface area contributed by atoms with Crippen LogP contribution in [0.5, 0.6) is 11.5 Å². The number of carbonyl (C=O) groups is 2. The van der Waals surface area contributed by atoms with Gasteiger partial charge in [0.05, 0.1) is 0 Å². The monoisotopic (exact) mass is 351 g/mol. The van der Waals surface area contributed by atoms with Crippen molar-refractivity contribution in [3.63, 3.8) is 0 Å². The Hall–Kier alpha value is -3.34. The molecule has 0 bridgehead atoms. The zero-order valence-corrected chi connectivity index (χ0v) is 14.6. The molecule has 0 saturated carbocycles. The van der Waals surface area contributed by atoms with Crippen LogP contribution < -0.4 is 10.1 Å². The minimum atomic E-state index is -0.875. The number of hydrogen-bond acceptors (Lipinski definition) is 4. The average molecular weight is 351 g/mol. The molecule has 0 spiro atoms. The number of rotatable bonds is 8. The average Bonchev–Trinajstić information content (AvgIpc) is 2.65. The third-order valence-corrected chi connectivity index (χ3v) is 3.33. The summed E-state index contributed by atoms with van der Waals surface area (Å²) in [6.07, 6.45) is 3.56. The van der Waals surface area contributed by atoms with Crippen molar-refractivity contribution >= 4 is 18.0 Å². The quantitative estimate of drug-likeness (QED) is 0.447. The highest BCUT2D eigenvalue weighted by Gasteiger charge is 2.15. The fourth-order valence-corrected chi connectivity index (χ4v) is 2.05. The maximum atomic E-state index is 11.8. The molecule has 0 unspecified atom stereocenters. The Morgan fingerprint density at radius 1 is 1.12 bits per heavy atom. The van der Waals surface area contributed by atoms with E-state index in [-0.39, 0.29) is 5.91 Å². The van der Waals surface area contributed by atoms with Gasteiger partial charge in [0.1, 0.15) is 11.5 Å². The van der Waals surface area contributed by atoms with Gasteiger partial charge in [-0.2, -0.15) is 0 Å². The Morgan fingerprint density at radius 3 is 2.58 bits per heavy atom. The van der Waals surface area contributed by atoms with E-state index in [2.05, 4.69) is 11.9 Å². The molecule has 1 amide bonds. The van der Waals surface area contributed by atoms with E-state index in [9.17, 15) is 9.59 Å². The van der Waals surface area contributed by atoms with Crippen molar-refractivity contribution < 1.29 is 19.1 Å². The first-order valence-electron chi connectivity index (χ1n) is 8.19. The van der Waals surface area contributed by atoms with Crippen molar-refractivity contribution in [2.45, 2.75) is 13.0 Å². The Kier molecular flexibility index (Phi) is 7.18. The first-order valence-corrected chi connectivity index (χ1v) is 8.19. The van der Waals surface area contributed by atoms with Gasteiger partial charge in [0.15, 0.2) is 6.10 Å². The van der Waals surface area contributed by atoms with Gasteiger partial charge >= 0.3 is 5.97 Å². The second-order valence-corrected chi connectivity index (χ2v) is 5.43. The van der Waals surface area contributed by atoms with E-state index in [0.717, 1.165) is 11.3 Å². The highest BCUT2D eigenvalue weighted by Crippen LogP contribution is 2.22. The predicted octanol–water partition coefficient (Wildman–Crippen LogP) is 3.73. The molecule has 0 fully saturated rings. The molecule has 0 radical (unpaired) electrons. The van der Waals surface area contributed by atoms with Crippen LogP contribution in [0.1, 0.15) is 12.5 Å². The van der Waals surface area contributed by atoms with Crippen LogP contribution in [0.3, 0.4) is 0 Å². The van der Waals surface area contributed by atoms with Gasteiger partial charge in [-0.1, -0.05) is 36.4 Å². The smallest absolute Gasteiger partial charge is 0.331 e. The number of benzene rings is 2. The van der Waals surface area contributed by atoms with Gasteiger partial charge in [-0.3, -0.25) is 4.79 Å². The van der Waals surface area contributed by atoms with Gasteiger partial charge in [0.2, 0.25) is 0 Å². The van der Waals surface area contributed by atoms with E-state index in [4.69, 9.17) is 9.47 Å². The van der Waals surface area contributed by atoms with Gasteiger partial charge in [0, 0.05) is 12.6 Å². The predicted molar refractivity (Wildman–Crippen MR) is 101 cm³/mol. The summed E-state index contributed by atoms with van der Waals surface area (Å²) in [4.78, 5) is 23.5. The summed E-state index contributed by atoms with van der Waals surface area (Å²) < 4.78 is 10.8. The lowest BCUT2D eigenvalue weighted by molar-refractivity contribution is -0.150. The normalized spacial score (nSPS) is 11.6. The Morgan fingerprint density at radius 2 is 1.85 bits per heavy atom. The van der Waals surface area contributed by atoms with Crippen LogP contribution in [0, 0.1) is 0 Å². The zero-order valence-electron chi connectivity index (χ0n) is 14.6. The summed E-state index contributed by atoms with van der Waals surface area (Å²) in [5, 5.41) is 2.57. The highest BCUT2D eigenvalue weighted by atomic mass is 16.5. The first-order chi connectivity index (χ1) is 12.6.